The van der Waals surface area contributed by atoms with Crippen molar-refractivity contribution >= 4 is 17.6 Å². The van der Waals surface area contributed by atoms with Gasteiger partial charge < -0.3 is 10.2 Å². The first-order valence-corrected chi connectivity index (χ1v) is 12.8. The molecule has 0 radical (unpaired) electrons. The number of anilines is 1. The zero-order valence-corrected chi connectivity index (χ0v) is 22.5. The molecule has 0 aliphatic carbocycles. The number of nitrogens with zero attached hydrogens (tertiary/aromatic N) is 3. The van der Waals surface area contributed by atoms with Crippen LogP contribution in [0.2, 0.25) is 0 Å². The van der Waals surface area contributed by atoms with Crippen molar-refractivity contribution in [3.63, 3.8) is 0 Å². The SMILES string of the molecule is CC(C)CN(CC(=O)Nc1cc(-c2ccccc2)nn1-c1ccccc1)C(=O)CC(C)CC(C)(C)C. The molecule has 6 nitrogen and oxygen atoms in total. The topological polar surface area (TPSA) is 67.2 Å². The number of rotatable bonds is 10. The van der Waals surface area contributed by atoms with E-state index < -0.39 is 0 Å². The minimum absolute atomic E-state index is 0.0138. The molecule has 0 aliphatic rings. The lowest BCUT2D eigenvalue weighted by Gasteiger charge is -2.28. The molecule has 1 atom stereocenters. The van der Waals surface area contributed by atoms with Gasteiger partial charge in [-0.05, 0) is 35.8 Å². The molecule has 1 heterocycles. The van der Waals surface area contributed by atoms with Crippen LogP contribution in [0.15, 0.2) is 66.7 Å². The van der Waals surface area contributed by atoms with Crippen LogP contribution in [0.5, 0.6) is 0 Å². The van der Waals surface area contributed by atoms with E-state index in [2.05, 4.69) is 46.9 Å². The summed E-state index contributed by atoms with van der Waals surface area (Å²) in [7, 11) is 0. The minimum atomic E-state index is -0.232. The second-order valence-electron chi connectivity index (χ2n) is 11.3. The number of nitrogens with one attached hydrogen (secondary N) is 1. The highest BCUT2D eigenvalue weighted by molar-refractivity contribution is 5.94. The summed E-state index contributed by atoms with van der Waals surface area (Å²) < 4.78 is 1.74. The van der Waals surface area contributed by atoms with Crippen LogP contribution in [0.4, 0.5) is 5.82 Å². The number of amides is 2. The van der Waals surface area contributed by atoms with Gasteiger partial charge in [-0.25, -0.2) is 4.68 Å². The maximum atomic E-state index is 13.2. The van der Waals surface area contributed by atoms with Crippen LogP contribution in [0.1, 0.15) is 54.4 Å². The number of hydrogen-bond acceptors (Lipinski definition) is 3. The molecule has 0 spiro atoms. The number of para-hydroxylation sites is 1. The lowest BCUT2D eigenvalue weighted by Crippen LogP contribution is -2.41. The van der Waals surface area contributed by atoms with Gasteiger partial charge in [0.2, 0.25) is 11.8 Å². The Kier molecular flexibility index (Phi) is 9.08. The van der Waals surface area contributed by atoms with Gasteiger partial charge in [0.1, 0.15) is 5.82 Å². The Balaban J connectivity index is 1.79. The van der Waals surface area contributed by atoms with Crippen molar-refractivity contribution in [3.8, 4) is 16.9 Å². The summed E-state index contributed by atoms with van der Waals surface area (Å²) in [6, 6.07) is 21.5. The number of benzene rings is 2. The molecule has 1 N–H and O–H groups in total. The number of hydrogen-bond donors (Lipinski definition) is 1. The summed E-state index contributed by atoms with van der Waals surface area (Å²) in [6.45, 7) is 13.4. The highest BCUT2D eigenvalue weighted by atomic mass is 16.2. The summed E-state index contributed by atoms with van der Waals surface area (Å²) in [5.41, 5.74) is 2.74. The van der Waals surface area contributed by atoms with Crippen molar-refractivity contribution in [3.05, 3.63) is 66.7 Å². The average molecular weight is 489 g/mol. The molecular formula is C30H40N4O2. The van der Waals surface area contributed by atoms with E-state index in [0.717, 1.165) is 23.4 Å². The third-order valence-electron chi connectivity index (χ3n) is 5.80. The van der Waals surface area contributed by atoms with E-state index in [4.69, 9.17) is 5.10 Å². The molecule has 0 saturated carbocycles. The first-order chi connectivity index (χ1) is 17.0. The van der Waals surface area contributed by atoms with Crippen molar-refractivity contribution < 1.29 is 9.59 Å². The molecule has 192 valence electrons. The van der Waals surface area contributed by atoms with Gasteiger partial charge in [0.15, 0.2) is 0 Å². The normalized spacial score (nSPS) is 12.4. The van der Waals surface area contributed by atoms with Gasteiger partial charge in [0, 0.05) is 24.6 Å². The van der Waals surface area contributed by atoms with E-state index in [1.807, 2.05) is 66.7 Å². The summed E-state index contributed by atoms with van der Waals surface area (Å²) in [5.74, 6) is 0.881. The Bertz CT molecular complexity index is 1130. The van der Waals surface area contributed by atoms with Gasteiger partial charge in [-0.2, -0.15) is 5.10 Å². The second kappa shape index (κ2) is 12.0. The molecule has 36 heavy (non-hydrogen) atoms. The first-order valence-electron chi connectivity index (χ1n) is 12.8. The van der Waals surface area contributed by atoms with Crippen LogP contribution in [0, 0.1) is 17.3 Å². The van der Waals surface area contributed by atoms with Crippen molar-refractivity contribution in [1.82, 2.24) is 14.7 Å². The van der Waals surface area contributed by atoms with Crippen LogP contribution >= 0.6 is 0 Å². The fourth-order valence-electron chi connectivity index (χ4n) is 4.58. The summed E-state index contributed by atoms with van der Waals surface area (Å²) in [6.07, 6.45) is 1.40. The molecule has 0 bridgehead atoms. The molecule has 0 fully saturated rings. The van der Waals surface area contributed by atoms with Gasteiger partial charge in [-0.15, -0.1) is 0 Å². The Morgan fingerprint density at radius 1 is 0.972 bits per heavy atom. The van der Waals surface area contributed by atoms with E-state index >= 15 is 0 Å². The molecular weight excluding hydrogens is 448 g/mol. The van der Waals surface area contributed by atoms with Crippen molar-refractivity contribution in [2.75, 3.05) is 18.4 Å². The highest BCUT2D eigenvalue weighted by Crippen LogP contribution is 2.27. The number of carbonyl (C=O) groups excluding carboxylic acids is 2. The van der Waals surface area contributed by atoms with E-state index in [1.54, 1.807) is 9.58 Å². The van der Waals surface area contributed by atoms with E-state index in [9.17, 15) is 9.59 Å². The molecule has 3 rings (SSSR count). The van der Waals surface area contributed by atoms with Crippen LogP contribution in [0.3, 0.4) is 0 Å². The van der Waals surface area contributed by atoms with Gasteiger partial charge in [0.05, 0.1) is 17.9 Å². The zero-order valence-electron chi connectivity index (χ0n) is 22.5. The van der Waals surface area contributed by atoms with Crippen molar-refractivity contribution in [2.45, 2.75) is 54.4 Å². The van der Waals surface area contributed by atoms with E-state index in [0.29, 0.717) is 18.8 Å². The average Bonchev–Trinajstić information content (AvgIpc) is 3.21. The molecule has 3 aromatic rings. The molecule has 0 aliphatic heterocycles. The van der Waals surface area contributed by atoms with Crippen molar-refractivity contribution in [2.24, 2.45) is 17.3 Å². The zero-order chi connectivity index (χ0) is 26.3. The first kappa shape index (κ1) is 27.2. The standard InChI is InChI=1S/C30H40N4O2/c1-22(2)20-33(29(36)17-23(3)19-30(4,5)6)21-28(35)31-27-18-26(24-13-9-7-10-14-24)32-34(27)25-15-11-8-12-16-25/h7-16,18,22-23H,17,19-21H2,1-6H3,(H,31,35). The monoisotopic (exact) mass is 488 g/mol. The molecule has 2 amide bonds. The van der Waals surface area contributed by atoms with E-state index in [-0.39, 0.29) is 35.6 Å². The van der Waals surface area contributed by atoms with Crippen LogP contribution in [-0.2, 0) is 9.59 Å². The lowest BCUT2D eigenvalue weighted by atomic mass is 9.84. The third kappa shape index (κ3) is 8.08. The predicted molar refractivity (Wildman–Crippen MR) is 147 cm³/mol. The largest absolute Gasteiger partial charge is 0.333 e. The van der Waals surface area contributed by atoms with Gasteiger partial charge in [-0.1, -0.05) is 90.1 Å². The van der Waals surface area contributed by atoms with Crippen LogP contribution < -0.4 is 5.32 Å². The lowest BCUT2D eigenvalue weighted by molar-refractivity contribution is -0.136. The summed E-state index contributed by atoms with van der Waals surface area (Å²) in [5, 5.41) is 7.78. The number of aromatic nitrogens is 2. The Morgan fingerprint density at radius 2 is 1.58 bits per heavy atom. The molecule has 0 saturated heterocycles. The molecule has 1 unspecified atom stereocenters. The fraction of sp³-hybridized carbons (Fsp3) is 0.433. The van der Waals surface area contributed by atoms with Crippen LogP contribution in [0.25, 0.3) is 16.9 Å². The number of carbonyl (C=O) groups is 2. The fourth-order valence-corrected chi connectivity index (χ4v) is 4.58. The Hall–Kier alpha value is -3.41. The van der Waals surface area contributed by atoms with Gasteiger partial charge in [-0.3, -0.25) is 9.59 Å². The maximum Gasteiger partial charge on any atom is 0.245 e. The van der Waals surface area contributed by atoms with Gasteiger partial charge in [0.25, 0.3) is 0 Å². The Labute approximate surface area is 215 Å². The Morgan fingerprint density at radius 3 is 2.17 bits per heavy atom. The summed E-state index contributed by atoms with van der Waals surface area (Å²) in [4.78, 5) is 28.1. The third-order valence-corrected chi connectivity index (χ3v) is 5.80. The molecule has 2 aromatic carbocycles. The quantitative estimate of drug-likeness (QED) is 0.358. The molecule has 1 aromatic heterocycles. The maximum absolute atomic E-state index is 13.2. The highest BCUT2D eigenvalue weighted by Gasteiger charge is 2.24. The van der Waals surface area contributed by atoms with E-state index in [1.165, 1.54) is 0 Å². The van der Waals surface area contributed by atoms with Gasteiger partial charge >= 0.3 is 0 Å². The predicted octanol–water partition coefficient (Wildman–Crippen LogP) is 6.42. The second-order valence-corrected chi connectivity index (χ2v) is 11.3. The van der Waals surface area contributed by atoms with Crippen LogP contribution in [-0.4, -0.2) is 39.6 Å². The molecule has 6 heteroatoms. The smallest absolute Gasteiger partial charge is 0.245 e. The summed E-state index contributed by atoms with van der Waals surface area (Å²) >= 11 is 0. The van der Waals surface area contributed by atoms with Crippen molar-refractivity contribution in [1.29, 1.82) is 0 Å². The minimum Gasteiger partial charge on any atom is -0.333 e.